The Kier molecular flexibility index (Phi) is 8.40. The number of halogens is 1. The third kappa shape index (κ3) is 6.31. The SMILES string of the molecule is Cn1c(SCC#CCN2CCCC2)nc2nc(Cl)nc(SCC#CCN3CCCC3)c21. The Morgan fingerprint density at radius 3 is 2.00 bits per heavy atom. The molecule has 0 aromatic carbocycles. The Labute approximate surface area is 197 Å². The highest BCUT2D eigenvalue weighted by molar-refractivity contribution is 7.99. The van der Waals surface area contributed by atoms with Crippen molar-refractivity contribution in [3.05, 3.63) is 5.28 Å². The van der Waals surface area contributed by atoms with Gasteiger partial charge >= 0.3 is 0 Å². The van der Waals surface area contributed by atoms with Crippen LogP contribution >= 0.6 is 35.1 Å². The van der Waals surface area contributed by atoms with Crippen LogP contribution in [-0.2, 0) is 7.05 Å². The van der Waals surface area contributed by atoms with Crippen LogP contribution in [0, 0.1) is 23.7 Å². The molecule has 0 aliphatic carbocycles. The van der Waals surface area contributed by atoms with E-state index < -0.39 is 0 Å². The molecule has 164 valence electrons. The molecule has 4 heterocycles. The monoisotopic (exact) mass is 474 g/mol. The first-order chi connectivity index (χ1) is 15.2. The first kappa shape index (κ1) is 22.8. The highest BCUT2D eigenvalue weighted by atomic mass is 35.5. The van der Waals surface area contributed by atoms with Gasteiger partial charge in [-0.25, -0.2) is 9.97 Å². The number of imidazole rings is 1. The van der Waals surface area contributed by atoms with Crippen LogP contribution in [0.4, 0.5) is 0 Å². The minimum atomic E-state index is 0.222. The summed E-state index contributed by atoms with van der Waals surface area (Å²) >= 11 is 9.37. The predicted octanol–water partition coefficient (Wildman–Crippen LogP) is 3.40. The molecule has 4 rings (SSSR count). The maximum Gasteiger partial charge on any atom is 0.225 e. The van der Waals surface area contributed by atoms with Crippen molar-refractivity contribution in [2.75, 3.05) is 50.8 Å². The zero-order valence-electron chi connectivity index (χ0n) is 17.9. The lowest BCUT2D eigenvalue weighted by Crippen LogP contribution is -2.18. The number of aryl methyl sites for hydroxylation is 1. The van der Waals surface area contributed by atoms with Crippen LogP contribution < -0.4 is 0 Å². The smallest absolute Gasteiger partial charge is 0.225 e. The molecule has 2 aromatic heterocycles. The number of hydrogen-bond acceptors (Lipinski definition) is 7. The molecule has 2 saturated heterocycles. The summed E-state index contributed by atoms with van der Waals surface area (Å²) in [6, 6.07) is 0. The van der Waals surface area contributed by atoms with Crippen molar-refractivity contribution >= 4 is 46.3 Å². The van der Waals surface area contributed by atoms with E-state index in [0.717, 1.165) is 28.8 Å². The standard InChI is InChI=1S/C22H27ClN6S2/c1-27-18-19(25-22(27)31-17-9-7-15-29-12-4-5-13-29)24-21(23)26-20(18)30-16-8-6-14-28-10-2-3-11-28/h2-5,10-17H2,1H3. The minimum Gasteiger partial charge on any atom is -0.318 e. The molecule has 31 heavy (non-hydrogen) atoms. The highest BCUT2D eigenvalue weighted by Gasteiger charge is 2.16. The average molecular weight is 475 g/mol. The summed E-state index contributed by atoms with van der Waals surface area (Å²) in [6.07, 6.45) is 5.17. The van der Waals surface area contributed by atoms with Gasteiger partial charge in [0, 0.05) is 7.05 Å². The minimum absolute atomic E-state index is 0.222. The molecule has 0 unspecified atom stereocenters. The van der Waals surface area contributed by atoms with E-state index >= 15 is 0 Å². The second-order valence-corrected chi connectivity index (χ2v) is 9.92. The van der Waals surface area contributed by atoms with Gasteiger partial charge in [0.25, 0.3) is 0 Å². The first-order valence-corrected chi connectivity index (χ1v) is 13.1. The molecule has 0 N–H and O–H groups in total. The van der Waals surface area contributed by atoms with Crippen LogP contribution in [-0.4, -0.2) is 80.1 Å². The second kappa shape index (κ2) is 11.4. The molecule has 0 saturated carbocycles. The Balaban J connectivity index is 1.37. The molecule has 6 nitrogen and oxygen atoms in total. The average Bonchev–Trinajstić information content (AvgIpc) is 3.50. The zero-order valence-corrected chi connectivity index (χ0v) is 20.3. The lowest BCUT2D eigenvalue weighted by Gasteiger charge is -2.08. The Bertz CT molecular complexity index is 1020. The molecule has 2 fully saturated rings. The van der Waals surface area contributed by atoms with Crippen LogP contribution in [0.15, 0.2) is 10.2 Å². The molecule has 0 spiro atoms. The third-order valence-electron chi connectivity index (χ3n) is 5.44. The van der Waals surface area contributed by atoms with Gasteiger partial charge in [-0.2, -0.15) is 4.98 Å². The van der Waals surface area contributed by atoms with E-state index in [4.69, 9.17) is 11.6 Å². The Hall–Kier alpha value is -1.42. The zero-order chi connectivity index (χ0) is 21.5. The van der Waals surface area contributed by atoms with Gasteiger partial charge in [0.05, 0.1) is 24.6 Å². The van der Waals surface area contributed by atoms with E-state index in [9.17, 15) is 0 Å². The van der Waals surface area contributed by atoms with E-state index in [1.807, 2.05) is 11.6 Å². The second-order valence-electron chi connectivity index (χ2n) is 7.67. The van der Waals surface area contributed by atoms with Crippen LogP contribution in [0.1, 0.15) is 25.7 Å². The van der Waals surface area contributed by atoms with Crippen molar-refractivity contribution in [1.29, 1.82) is 0 Å². The van der Waals surface area contributed by atoms with Crippen molar-refractivity contribution in [3.63, 3.8) is 0 Å². The van der Waals surface area contributed by atoms with Gasteiger partial charge in [-0.05, 0) is 63.5 Å². The quantitative estimate of drug-likeness (QED) is 0.275. The number of likely N-dealkylation sites (tertiary alicyclic amines) is 2. The molecular weight excluding hydrogens is 448 g/mol. The maximum absolute atomic E-state index is 6.16. The van der Waals surface area contributed by atoms with E-state index in [0.29, 0.717) is 17.2 Å². The Morgan fingerprint density at radius 2 is 1.39 bits per heavy atom. The van der Waals surface area contributed by atoms with Crippen LogP contribution in [0.3, 0.4) is 0 Å². The summed E-state index contributed by atoms with van der Waals surface area (Å²) in [7, 11) is 2.00. The van der Waals surface area contributed by atoms with Crippen molar-refractivity contribution in [2.24, 2.45) is 7.05 Å². The van der Waals surface area contributed by atoms with Crippen molar-refractivity contribution in [1.82, 2.24) is 29.3 Å². The number of aromatic nitrogens is 4. The lowest BCUT2D eigenvalue weighted by atomic mass is 10.4. The fourth-order valence-electron chi connectivity index (χ4n) is 3.78. The molecule has 2 aliphatic heterocycles. The van der Waals surface area contributed by atoms with Gasteiger partial charge < -0.3 is 4.57 Å². The summed E-state index contributed by atoms with van der Waals surface area (Å²) in [5, 5.41) is 1.93. The third-order valence-corrected chi connectivity index (χ3v) is 7.37. The van der Waals surface area contributed by atoms with Gasteiger partial charge in [-0.3, -0.25) is 9.80 Å². The summed E-state index contributed by atoms with van der Waals surface area (Å²) in [4.78, 5) is 18.2. The molecule has 2 aliphatic rings. The van der Waals surface area contributed by atoms with Gasteiger partial charge in [0.2, 0.25) is 5.28 Å². The summed E-state index contributed by atoms with van der Waals surface area (Å²) in [6.45, 7) is 6.41. The molecule has 0 atom stereocenters. The molecule has 2 aromatic rings. The van der Waals surface area contributed by atoms with Crippen LogP contribution in [0.5, 0.6) is 0 Å². The Morgan fingerprint density at radius 1 is 0.806 bits per heavy atom. The van der Waals surface area contributed by atoms with Gasteiger partial charge in [-0.1, -0.05) is 47.2 Å². The molecule has 0 amide bonds. The van der Waals surface area contributed by atoms with Crippen molar-refractivity contribution < 1.29 is 0 Å². The van der Waals surface area contributed by atoms with Gasteiger partial charge in [0.15, 0.2) is 10.8 Å². The molecule has 9 heteroatoms. The number of rotatable bonds is 6. The molecular formula is C22H27ClN6S2. The normalized spacial score (nSPS) is 17.0. The summed E-state index contributed by atoms with van der Waals surface area (Å²) < 4.78 is 2.04. The topological polar surface area (TPSA) is 50.1 Å². The van der Waals surface area contributed by atoms with Crippen LogP contribution in [0.25, 0.3) is 11.2 Å². The lowest BCUT2D eigenvalue weighted by molar-refractivity contribution is 0.383. The van der Waals surface area contributed by atoms with Crippen molar-refractivity contribution in [2.45, 2.75) is 35.9 Å². The fourth-order valence-corrected chi connectivity index (χ4v) is 5.57. The maximum atomic E-state index is 6.16. The summed E-state index contributed by atoms with van der Waals surface area (Å²) in [5.41, 5.74) is 1.53. The number of thioether (sulfide) groups is 2. The highest BCUT2D eigenvalue weighted by Crippen LogP contribution is 2.29. The van der Waals surface area contributed by atoms with Gasteiger partial charge in [0.1, 0.15) is 10.5 Å². The predicted molar refractivity (Wildman–Crippen MR) is 130 cm³/mol. The largest absolute Gasteiger partial charge is 0.318 e. The van der Waals surface area contributed by atoms with E-state index in [2.05, 4.69) is 48.4 Å². The van der Waals surface area contributed by atoms with Gasteiger partial charge in [-0.15, -0.1) is 0 Å². The fraction of sp³-hybridized carbons (Fsp3) is 0.591. The van der Waals surface area contributed by atoms with E-state index in [1.54, 1.807) is 23.5 Å². The molecule has 0 radical (unpaired) electrons. The van der Waals surface area contributed by atoms with Crippen molar-refractivity contribution in [3.8, 4) is 23.7 Å². The number of hydrogen-bond donors (Lipinski definition) is 0. The van der Waals surface area contributed by atoms with E-state index in [1.165, 1.54) is 51.9 Å². The summed E-state index contributed by atoms with van der Waals surface area (Å²) in [5.74, 6) is 14.4. The molecule has 0 bridgehead atoms. The number of nitrogens with zero attached hydrogens (tertiary/aromatic N) is 6. The van der Waals surface area contributed by atoms with Crippen LogP contribution in [0.2, 0.25) is 5.28 Å². The number of fused-ring (bicyclic) bond motifs is 1. The van der Waals surface area contributed by atoms with E-state index in [-0.39, 0.29) is 5.28 Å². The first-order valence-electron chi connectivity index (χ1n) is 10.7.